The van der Waals surface area contributed by atoms with Crippen molar-refractivity contribution in [3.8, 4) is 0 Å². The molecule has 1 aliphatic rings. The highest BCUT2D eigenvalue weighted by Gasteiger charge is 2.34. The van der Waals surface area contributed by atoms with Crippen molar-refractivity contribution in [1.82, 2.24) is 9.80 Å². The molecular formula is C32H38N2O2S. The van der Waals surface area contributed by atoms with E-state index >= 15 is 0 Å². The molecule has 0 aliphatic carbocycles. The van der Waals surface area contributed by atoms with Gasteiger partial charge in [-0.1, -0.05) is 74.2 Å². The van der Waals surface area contributed by atoms with E-state index < -0.39 is 0 Å². The molecule has 4 nitrogen and oxygen atoms in total. The van der Waals surface area contributed by atoms with Crippen molar-refractivity contribution < 1.29 is 9.59 Å². The van der Waals surface area contributed by atoms with Gasteiger partial charge < -0.3 is 9.80 Å². The third-order valence-corrected chi connectivity index (χ3v) is 8.16. The highest BCUT2D eigenvalue weighted by atomic mass is 32.1. The number of hydrogen-bond acceptors (Lipinski definition) is 3. The van der Waals surface area contributed by atoms with Gasteiger partial charge in [0, 0.05) is 23.5 Å². The predicted molar refractivity (Wildman–Crippen MR) is 153 cm³/mol. The summed E-state index contributed by atoms with van der Waals surface area (Å²) in [5.74, 6) is -0.170. The van der Waals surface area contributed by atoms with Crippen molar-refractivity contribution in [3.63, 3.8) is 0 Å². The summed E-state index contributed by atoms with van der Waals surface area (Å²) in [6, 6.07) is 18.3. The first-order valence-electron chi connectivity index (χ1n) is 13.4. The molecule has 0 saturated heterocycles. The summed E-state index contributed by atoms with van der Waals surface area (Å²) in [6.45, 7) is 9.13. The minimum Gasteiger partial charge on any atom is -0.330 e. The molecule has 0 radical (unpaired) electrons. The van der Waals surface area contributed by atoms with Crippen LogP contribution in [0, 0.1) is 6.92 Å². The number of unbranched alkanes of at least 4 members (excludes halogenated alkanes) is 3. The average Bonchev–Trinajstić information content (AvgIpc) is 3.40. The fourth-order valence-electron chi connectivity index (χ4n) is 5.07. The summed E-state index contributed by atoms with van der Waals surface area (Å²) in [5.41, 5.74) is 5.36. The molecule has 3 aromatic rings. The molecule has 37 heavy (non-hydrogen) atoms. The summed E-state index contributed by atoms with van der Waals surface area (Å²) in [5, 5.41) is 2.11. The number of thiophene rings is 1. The minimum atomic E-state index is -0.133. The molecule has 0 bridgehead atoms. The Labute approximate surface area is 225 Å². The molecular weight excluding hydrogens is 476 g/mol. The van der Waals surface area contributed by atoms with Crippen LogP contribution in [-0.2, 0) is 17.6 Å². The van der Waals surface area contributed by atoms with Gasteiger partial charge in [-0.3, -0.25) is 9.59 Å². The van der Waals surface area contributed by atoms with E-state index in [9.17, 15) is 9.59 Å². The van der Waals surface area contributed by atoms with Gasteiger partial charge >= 0.3 is 0 Å². The number of fused-ring (bicyclic) bond motifs is 1. The lowest BCUT2D eigenvalue weighted by Gasteiger charge is -2.37. The fourth-order valence-corrected chi connectivity index (χ4v) is 5.98. The van der Waals surface area contributed by atoms with E-state index in [-0.39, 0.29) is 24.4 Å². The maximum atomic E-state index is 13.7. The van der Waals surface area contributed by atoms with Gasteiger partial charge in [-0.25, -0.2) is 0 Å². The molecule has 0 spiro atoms. The van der Waals surface area contributed by atoms with Gasteiger partial charge in [-0.15, -0.1) is 17.9 Å². The van der Waals surface area contributed by atoms with E-state index in [4.69, 9.17) is 0 Å². The van der Waals surface area contributed by atoms with E-state index in [1.807, 2.05) is 29.2 Å². The summed E-state index contributed by atoms with van der Waals surface area (Å²) in [4.78, 5) is 32.0. The highest BCUT2D eigenvalue weighted by molar-refractivity contribution is 7.10. The van der Waals surface area contributed by atoms with E-state index in [1.165, 1.54) is 47.3 Å². The van der Waals surface area contributed by atoms with Gasteiger partial charge in [0.2, 0.25) is 5.91 Å². The fraction of sp³-hybridized carbons (Fsp3) is 0.375. The van der Waals surface area contributed by atoms with Crippen molar-refractivity contribution in [2.24, 2.45) is 0 Å². The zero-order valence-corrected chi connectivity index (χ0v) is 22.9. The second-order valence-corrected chi connectivity index (χ2v) is 10.9. The SMILES string of the molecule is C=CCN(CC(=O)N1CCc2sccc2[C@@H]1c1ccc(C)cc1)C(=O)c1ccc(CCCCCC)cc1. The summed E-state index contributed by atoms with van der Waals surface area (Å²) >= 11 is 1.76. The van der Waals surface area contributed by atoms with Crippen LogP contribution in [0.5, 0.6) is 0 Å². The topological polar surface area (TPSA) is 40.6 Å². The van der Waals surface area contributed by atoms with Crippen LogP contribution >= 0.6 is 11.3 Å². The standard InChI is InChI=1S/C32H38N2O2S/c1-4-6-7-8-9-25-12-16-27(17-13-25)32(36)33(20-5-2)23-30(35)34-21-18-29-28(19-22-37-29)31(34)26-14-10-24(3)11-15-26/h5,10-17,19,22,31H,2,4,6-9,18,20-21,23H2,1,3H3/t31-/m0/s1. The molecule has 0 saturated carbocycles. The summed E-state index contributed by atoms with van der Waals surface area (Å²) in [7, 11) is 0. The lowest BCUT2D eigenvalue weighted by molar-refractivity contribution is -0.133. The van der Waals surface area contributed by atoms with Crippen LogP contribution < -0.4 is 0 Å². The van der Waals surface area contributed by atoms with Crippen molar-refractivity contribution in [2.45, 2.75) is 58.4 Å². The Bertz CT molecular complexity index is 1200. The maximum absolute atomic E-state index is 13.7. The second-order valence-electron chi connectivity index (χ2n) is 9.93. The van der Waals surface area contributed by atoms with Gasteiger partial charge in [-0.2, -0.15) is 0 Å². The number of benzene rings is 2. The normalized spacial score (nSPS) is 14.8. The Morgan fingerprint density at radius 3 is 2.51 bits per heavy atom. The number of carbonyl (C=O) groups excluding carboxylic acids is 2. The molecule has 0 N–H and O–H groups in total. The Hall–Kier alpha value is -3.18. The number of nitrogens with zero attached hydrogens (tertiary/aromatic N) is 2. The molecule has 194 valence electrons. The molecule has 5 heteroatoms. The smallest absolute Gasteiger partial charge is 0.254 e. The van der Waals surface area contributed by atoms with E-state index in [0.29, 0.717) is 18.7 Å². The van der Waals surface area contributed by atoms with Gasteiger partial charge in [0.05, 0.1) is 6.04 Å². The third-order valence-electron chi connectivity index (χ3n) is 7.16. The maximum Gasteiger partial charge on any atom is 0.254 e. The predicted octanol–water partition coefficient (Wildman–Crippen LogP) is 6.98. The lowest BCUT2D eigenvalue weighted by atomic mass is 9.92. The van der Waals surface area contributed by atoms with Gasteiger partial charge in [-0.05, 0) is 66.5 Å². The average molecular weight is 515 g/mol. The minimum absolute atomic E-state index is 0.0332. The first-order chi connectivity index (χ1) is 18.0. The number of hydrogen-bond donors (Lipinski definition) is 0. The van der Waals surface area contributed by atoms with Crippen LogP contribution in [-0.4, -0.2) is 41.2 Å². The Balaban J connectivity index is 1.49. The summed E-state index contributed by atoms with van der Waals surface area (Å²) in [6.07, 6.45) is 8.46. The van der Waals surface area contributed by atoms with Gasteiger partial charge in [0.1, 0.15) is 6.54 Å². The number of carbonyl (C=O) groups is 2. The Morgan fingerprint density at radius 2 is 1.81 bits per heavy atom. The molecule has 1 aromatic heterocycles. The summed E-state index contributed by atoms with van der Waals surface area (Å²) < 4.78 is 0. The molecule has 1 aliphatic heterocycles. The number of aryl methyl sites for hydroxylation is 2. The zero-order valence-electron chi connectivity index (χ0n) is 22.1. The molecule has 4 rings (SSSR count). The molecule has 1 atom stereocenters. The molecule has 2 heterocycles. The highest BCUT2D eigenvalue weighted by Crippen LogP contribution is 2.38. The first-order valence-corrected chi connectivity index (χ1v) is 14.3. The zero-order chi connectivity index (χ0) is 26.2. The Morgan fingerprint density at radius 1 is 1.05 bits per heavy atom. The number of amides is 2. The van der Waals surface area contributed by atoms with E-state index in [1.54, 1.807) is 22.3 Å². The molecule has 0 unspecified atom stereocenters. The van der Waals surface area contributed by atoms with Crippen LogP contribution in [0.2, 0.25) is 0 Å². The first kappa shape index (κ1) is 26.9. The van der Waals surface area contributed by atoms with E-state index in [2.05, 4.69) is 56.1 Å². The van der Waals surface area contributed by atoms with Crippen LogP contribution in [0.25, 0.3) is 0 Å². The van der Waals surface area contributed by atoms with Crippen LogP contribution in [0.3, 0.4) is 0 Å². The van der Waals surface area contributed by atoms with Crippen LogP contribution in [0.15, 0.2) is 72.6 Å². The monoisotopic (exact) mass is 514 g/mol. The van der Waals surface area contributed by atoms with Crippen LogP contribution in [0.1, 0.15) is 76.1 Å². The largest absolute Gasteiger partial charge is 0.330 e. The van der Waals surface area contributed by atoms with Crippen molar-refractivity contribution in [3.05, 3.63) is 105 Å². The molecule has 2 aromatic carbocycles. The van der Waals surface area contributed by atoms with Crippen LogP contribution in [0.4, 0.5) is 0 Å². The van der Waals surface area contributed by atoms with Gasteiger partial charge in [0.15, 0.2) is 0 Å². The lowest BCUT2D eigenvalue weighted by Crippen LogP contribution is -2.46. The third kappa shape index (κ3) is 6.58. The van der Waals surface area contributed by atoms with Gasteiger partial charge in [0.25, 0.3) is 5.91 Å². The van der Waals surface area contributed by atoms with E-state index in [0.717, 1.165) is 18.4 Å². The van der Waals surface area contributed by atoms with Crippen molar-refractivity contribution in [2.75, 3.05) is 19.6 Å². The molecule has 2 amide bonds. The quantitative estimate of drug-likeness (QED) is 0.205. The Kier molecular flexibility index (Phi) is 9.34. The molecule has 0 fully saturated rings. The second kappa shape index (κ2) is 12.9. The van der Waals surface area contributed by atoms with Crippen molar-refractivity contribution >= 4 is 23.2 Å². The number of rotatable bonds is 11. The van der Waals surface area contributed by atoms with Crippen molar-refractivity contribution in [1.29, 1.82) is 0 Å².